The van der Waals surface area contributed by atoms with E-state index in [4.69, 9.17) is 11.6 Å². The van der Waals surface area contributed by atoms with Crippen LogP contribution >= 0.6 is 22.9 Å². The molecule has 2 aromatic rings. The maximum absolute atomic E-state index is 12.6. The van der Waals surface area contributed by atoms with Gasteiger partial charge in [0.1, 0.15) is 0 Å². The molecule has 1 aromatic carbocycles. The topological polar surface area (TPSA) is 32.3 Å². The maximum atomic E-state index is 12.6. The van der Waals surface area contributed by atoms with Crippen LogP contribution in [0.15, 0.2) is 36.4 Å². The fraction of sp³-hybridized carbons (Fsp3) is 0.421. The van der Waals surface area contributed by atoms with Crippen molar-refractivity contribution in [2.24, 2.45) is 5.92 Å². The fourth-order valence-corrected chi connectivity index (χ4v) is 5.21. The van der Waals surface area contributed by atoms with Crippen molar-refractivity contribution in [1.82, 2.24) is 10.2 Å². The first kappa shape index (κ1) is 16.1. The molecule has 3 nitrogen and oxygen atoms in total. The number of carbonyl (C=O) groups excluding carboxylic acids is 1. The van der Waals surface area contributed by atoms with E-state index in [1.807, 2.05) is 36.4 Å². The van der Waals surface area contributed by atoms with Crippen LogP contribution in [-0.4, -0.2) is 36.0 Å². The van der Waals surface area contributed by atoms with Crippen LogP contribution in [0.5, 0.6) is 0 Å². The first-order valence-corrected chi connectivity index (χ1v) is 9.71. The minimum atomic E-state index is 0.0460. The number of piperidine rings is 3. The SMILES string of the molecule is CC1CC2CCN1C[C@@H]2NC(=O)c1ccc(-c2ccccc2Cl)s1. The Morgan fingerprint density at radius 3 is 2.83 bits per heavy atom. The lowest BCUT2D eigenvalue weighted by Gasteiger charge is -2.48. The molecule has 5 heteroatoms. The van der Waals surface area contributed by atoms with Gasteiger partial charge in [0, 0.05) is 34.1 Å². The van der Waals surface area contributed by atoms with Crippen LogP contribution in [0.3, 0.4) is 0 Å². The second-order valence-electron chi connectivity index (χ2n) is 6.85. The number of nitrogens with one attached hydrogen (secondary N) is 1. The number of nitrogens with zero attached hydrogens (tertiary/aromatic N) is 1. The van der Waals surface area contributed by atoms with Gasteiger partial charge in [-0.3, -0.25) is 9.69 Å². The molecule has 3 aliphatic heterocycles. The van der Waals surface area contributed by atoms with Gasteiger partial charge in [0.15, 0.2) is 0 Å². The average Bonchev–Trinajstić information content (AvgIpc) is 3.06. The number of hydrogen-bond donors (Lipinski definition) is 1. The van der Waals surface area contributed by atoms with Crippen LogP contribution in [0.2, 0.25) is 5.02 Å². The van der Waals surface area contributed by atoms with E-state index in [0.717, 1.165) is 26.9 Å². The molecule has 3 saturated heterocycles. The third kappa shape index (κ3) is 2.99. The zero-order valence-electron chi connectivity index (χ0n) is 13.7. The molecule has 3 unspecified atom stereocenters. The Labute approximate surface area is 151 Å². The lowest BCUT2D eigenvalue weighted by Crippen LogP contribution is -2.60. The molecule has 3 aliphatic rings. The van der Waals surface area contributed by atoms with Crippen molar-refractivity contribution in [1.29, 1.82) is 0 Å². The van der Waals surface area contributed by atoms with Crippen LogP contribution in [0.4, 0.5) is 0 Å². The third-order valence-corrected chi connectivity index (χ3v) is 6.79. The smallest absolute Gasteiger partial charge is 0.261 e. The van der Waals surface area contributed by atoms with Crippen molar-refractivity contribution in [2.75, 3.05) is 13.1 Å². The van der Waals surface area contributed by atoms with Crippen LogP contribution < -0.4 is 5.32 Å². The molecule has 2 bridgehead atoms. The summed E-state index contributed by atoms with van der Waals surface area (Å²) in [6.45, 7) is 4.45. The van der Waals surface area contributed by atoms with Crippen LogP contribution in [-0.2, 0) is 0 Å². The van der Waals surface area contributed by atoms with Crippen molar-refractivity contribution in [3.8, 4) is 10.4 Å². The molecule has 4 heterocycles. The number of thiophene rings is 1. The standard InChI is InChI=1S/C19H21ClN2OS/c1-12-10-13-8-9-22(12)11-16(13)21-19(23)18-7-6-17(24-18)14-4-2-3-5-15(14)20/h2-7,12-13,16H,8-11H2,1H3,(H,21,23)/t12?,13?,16-/m0/s1. The number of benzene rings is 1. The molecule has 4 atom stereocenters. The van der Waals surface area contributed by atoms with Gasteiger partial charge in [0.2, 0.25) is 0 Å². The Morgan fingerprint density at radius 2 is 2.12 bits per heavy atom. The molecule has 5 rings (SSSR count). The van der Waals surface area contributed by atoms with E-state index in [2.05, 4.69) is 17.1 Å². The fourth-order valence-electron chi connectivity index (χ4n) is 3.96. The second kappa shape index (κ2) is 6.51. The summed E-state index contributed by atoms with van der Waals surface area (Å²) in [6, 6.07) is 12.6. The Bertz CT molecular complexity index is 759. The maximum Gasteiger partial charge on any atom is 0.261 e. The van der Waals surface area contributed by atoms with Gasteiger partial charge < -0.3 is 5.32 Å². The van der Waals surface area contributed by atoms with E-state index in [9.17, 15) is 4.79 Å². The van der Waals surface area contributed by atoms with Gasteiger partial charge in [-0.25, -0.2) is 0 Å². The van der Waals surface area contributed by atoms with Gasteiger partial charge in [-0.05, 0) is 50.4 Å². The van der Waals surface area contributed by atoms with E-state index in [1.54, 1.807) is 0 Å². The van der Waals surface area contributed by atoms with Crippen molar-refractivity contribution in [2.45, 2.75) is 31.8 Å². The lowest BCUT2D eigenvalue weighted by molar-refractivity contribution is 0.0275. The molecule has 0 aliphatic carbocycles. The van der Waals surface area contributed by atoms with Gasteiger partial charge in [0.05, 0.1) is 4.88 Å². The highest BCUT2D eigenvalue weighted by atomic mass is 35.5. The molecule has 1 aromatic heterocycles. The van der Waals surface area contributed by atoms with E-state index < -0.39 is 0 Å². The lowest BCUT2D eigenvalue weighted by atomic mass is 9.80. The largest absolute Gasteiger partial charge is 0.347 e. The van der Waals surface area contributed by atoms with Gasteiger partial charge >= 0.3 is 0 Å². The highest BCUT2D eigenvalue weighted by Gasteiger charge is 2.38. The second-order valence-corrected chi connectivity index (χ2v) is 8.34. The Balaban J connectivity index is 1.47. The molecule has 126 valence electrons. The van der Waals surface area contributed by atoms with E-state index in [1.165, 1.54) is 30.7 Å². The van der Waals surface area contributed by atoms with Crippen molar-refractivity contribution in [3.63, 3.8) is 0 Å². The van der Waals surface area contributed by atoms with Gasteiger partial charge in [-0.1, -0.05) is 29.8 Å². The van der Waals surface area contributed by atoms with Crippen LogP contribution in [0.25, 0.3) is 10.4 Å². The minimum Gasteiger partial charge on any atom is -0.347 e. The van der Waals surface area contributed by atoms with E-state index >= 15 is 0 Å². The first-order valence-electron chi connectivity index (χ1n) is 8.51. The summed E-state index contributed by atoms with van der Waals surface area (Å²) >= 11 is 7.77. The highest BCUT2D eigenvalue weighted by molar-refractivity contribution is 7.17. The van der Waals surface area contributed by atoms with Crippen LogP contribution in [0.1, 0.15) is 29.4 Å². The number of fused-ring (bicyclic) bond motifs is 3. The molecule has 1 amide bonds. The number of amides is 1. The van der Waals surface area contributed by atoms with E-state index in [0.29, 0.717) is 12.0 Å². The molecule has 0 radical (unpaired) electrons. The monoisotopic (exact) mass is 360 g/mol. The van der Waals surface area contributed by atoms with Crippen molar-refractivity contribution >= 4 is 28.8 Å². The predicted molar refractivity (Wildman–Crippen MR) is 99.8 cm³/mol. The van der Waals surface area contributed by atoms with E-state index in [-0.39, 0.29) is 11.9 Å². The quantitative estimate of drug-likeness (QED) is 0.885. The third-order valence-electron chi connectivity index (χ3n) is 5.34. The van der Waals surface area contributed by atoms with Crippen molar-refractivity contribution in [3.05, 3.63) is 46.3 Å². The zero-order chi connectivity index (χ0) is 16.7. The van der Waals surface area contributed by atoms with Crippen molar-refractivity contribution < 1.29 is 4.79 Å². The summed E-state index contributed by atoms with van der Waals surface area (Å²) in [5.74, 6) is 0.668. The van der Waals surface area contributed by atoms with Gasteiger partial charge in [0.25, 0.3) is 5.91 Å². The van der Waals surface area contributed by atoms with Crippen LogP contribution in [0, 0.1) is 5.92 Å². The molecule has 1 N–H and O–H groups in total. The molecule has 24 heavy (non-hydrogen) atoms. The number of carbonyl (C=O) groups is 1. The molecular weight excluding hydrogens is 340 g/mol. The Morgan fingerprint density at radius 1 is 1.29 bits per heavy atom. The summed E-state index contributed by atoms with van der Waals surface area (Å²) in [4.78, 5) is 16.9. The Kier molecular flexibility index (Phi) is 4.37. The molecular formula is C19H21ClN2OS. The van der Waals surface area contributed by atoms with Gasteiger partial charge in [-0.2, -0.15) is 0 Å². The van der Waals surface area contributed by atoms with Gasteiger partial charge in [-0.15, -0.1) is 11.3 Å². The summed E-state index contributed by atoms with van der Waals surface area (Å²) < 4.78 is 0. The summed E-state index contributed by atoms with van der Waals surface area (Å²) in [5, 5.41) is 3.98. The summed E-state index contributed by atoms with van der Waals surface area (Å²) in [6.07, 6.45) is 2.39. The predicted octanol–water partition coefficient (Wildman–Crippen LogP) is 4.28. The highest BCUT2D eigenvalue weighted by Crippen LogP contribution is 2.34. The number of halogens is 1. The molecule has 3 fully saturated rings. The first-order chi connectivity index (χ1) is 11.6. The molecule has 0 saturated carbocycles. The molecule has 0 spiro atoms. The normalized spacial score (nSPS) is 28.8. The minimum absolute atomic E-state index is 0.0460. The zero-order valence-corrected chi connectivity index (χ0v) is 15.2. The number of rotatable bonds is 3. The number of hydrogen-bond acceptors (Lipinski definition) is 3. The summed E-state index contributed by atoms with van der Waals surface area (Å²) in [7, 11) is 0. The summed E-state index contributed by atoms with van der Waals surface area (Å²) in [5.41, 5.74) is 0.986. The Hall–Kier alpha value is -1.36. The average molecular weight is 361 g/mol.